The molecule has 140 valence electrons. The second kappa shape index (κ2) is 10.5. The van der Waals surface area contributed by atoms with Crippen LogP contribution in [0.2, 0.25) is 0 Å². The van der Waals surface area contributed by atoms with Crippen molar-refractivity contribution < 1.29 is 13.5 Å². The normalized spacial score (nSPS) is 12.7. The van der Waals surface area contributed by atoms with Gasteiger partial charge in [-0.05, 0) is 37.1 Å². The molecule has 1 atom stereocenters. The van der Waals surface area contributed by atoms with Crippen molar-refractivity contribution in [2.24, 2.45) is 4.99 Å². The predicted molar refractivity (Wildman–Crippen MR) is 100.0 cm³/mol. The number of guanidine groups is 1. The number of nitrogens with one attached hydrogen (secondary N) is 2. The van der Waals surface area contributed by atoms with Crippen molar-refractivity contribution in [2.45, 2.75) is 26.0 Å². The number of aliphatic imine (C=N–C) groups is 1. The fourth-order valence-corrected chi connectivity index (χ4v) is 2.44. The van der Waals surface area contributed by atoms with Crippen LogP contribution in [-0.2, 0) is 11.3 Å². The molecular formula is C20H25F2N3O. The molecule has 2 aromatic rings. The van der Waals surface area contributed by atoms with E-state index in [2.05, 4.69) is 15.6 Å². The SMILES string of the molecule is CN=C(NCCCOC(C)c1ccccc1)NCc1cc(F)ccc1F. The maximum atomic E-state index is 13.6. The van der Waals surface area contributed by atoms with Gasteiger partial charge in [-0.3, -0.25) is 4.99 Å². The van der Waals surface area contributed by atoms with Gasteiger partial charge in [-0.15, -0.1) is 0 Å². The summed E-state index contributed by atoms with van der Waals surface area (Å²) in [7, 11) is 1.63. The standard InChI is InChI=1S/C20H25F2N3O/c1-15(16-7-4-3-5-8-16)26-12-6-11-24-20(23-2)25-14-17-13-18(21)9-10-19(17)22/h3-5,7-10,13,15H,6,11-12,14H2,1-2H3,(H2,23,24,25). The molecule has 4 nitrogen and oxygen atoms in total. The van der Waals surface area contributed by atoms with Crippen LogP contribution < -0.4 is 10.6 Å². The second-order valence-electron chi connectivity index (χ2n) is 5.87. The van der Waals surface area contributed by atoms with Crippen molar-refractivity contribution in [2.75, 3.05) is 20.2 Å². The lowest BCUT2D eigenvalue weighted by atomic mass is 10.1. The molecule has 26 heavy (non-hydrogen) atoms. The Morgan fingerprint density at radius 1 is 1.12 bits per heavy atom. The molecule has 0 saturated heterocycles. The summed E-state index contributed by atoms with van der Waals surface area (Å²) in [5.41, 5.74) is 1.41. The van der Waals surface area contributed by atoms with Gasteiger partial charge >= 0.3 is 0 Å². The number of rotatable bonds is 8. The van der Waals surface area contributed by atoms with Crippen molar-refractivity contribution in [3.63, 3.8) is 0 Å². The van der Waals surface area contributed by atoms with Crippen LogP contribution in [0.15, 0.2) is 53.5 Å². The zero-order valence-electron chi connectivity index (χ0n) is 15.1. The molecule has 2 rings (SSSR count). The van der Waals surface area contributed by atoms with E-state index >= 15 is 0 Å². The maximum absolute atomic E-state index is 13.6. The Kier molecular flexibility index (Phi) is 8.02. The largest absolute Gasteiger partial charge is 0.374 e. The van der Waals surface area contributed by atoms with E-state index in [-0.39, 0.29) is 18.2 Å². The van der Waals surface area contributed by atoms with Gasteiger partial charge in [-0.25, -0.2) is 8.78 Å². The maximum Gasteiger partial charge on any atom is 0.191 e. The average Bonchev–Trinajstić information content (AvgIpc) is 2.67. The van der Waals surface area contributed by atoms with E-state index in [9.17, 15) is 8.78 Å². The van der Waals surface area contributed by atoms with Crippen molar-refractivity contribution in [3.05, 3.63) is 71.3 Å². The smallest absolute Gasteiger partial charge is 0.191 e. The molecule has 0 bridgehead atoms. The number of benzene rings is 2. The van der Waals surface area contributed by atoms with Crippen LogP contribution in [0, 0.1) is 11.6 Å². The summed E-state index contributed by atoms with van der Waals surface area (Å²) in [6, 6.07) is 13.4. The first-order chi connectivity index (χ1) is 12.6. The first kappa shape index (κ1) is 19.8. The Morgan fingerprint density at radius 3 is 2.62 bits per heavy atom. The summed E-state index contributed by atoms with van der Waals surface area (Å²) in [6.45, 7) is 3.45. The van der Waals surface area contributed by atoms with Crippen LogP contribution in [0.25, 0.3) is 0 Å². The summed E-state index contributed by atoms with van der Waals surface area (Å²) in [5, 5.41) is 6.10. The molecule has 6 heteroatoms. The Labute approximate surface area is 153 Å². The lowest BCUT2D eigenvalue weighted by Gasteiger charge is -2.15. The van der Waals surface area contributed by atoms with E-state index < -0.39 is 11.6 Å². The molecule has 0 saturated carbocycles. The van der Waals surface area contributed by atoms with Gasteiger partial charge < -0.3 is 15.4 Å². The van der Waals surface area contributed by atoms with Crippen LogP contribution in [0.3, 0.4) is 0 Å². The monoisotopic (exact) mass is 361 g/mol. The van der Waals surface area contributed by atoms with E-state index in [0.717, 1.165) is 24.1 Å². The molecule has 0 aliphatic heterocycles. The third-order valence-electron chi connectivity index (χ3n) is 3.93. The number of halogens is 2. The zero-order valence-corrected chi connectivity index (χ0v) is 15.1. The summed E-state index contributed by atoms with van der Waals surface area (Å²) in [5.74, 6) is -0.377. The molecule has 2 N–H and O–H groups in total. The Balaban J connectivity index is 1.67. The molecule has 0 aromatic heterocycles. The molecule has 0 aliphatic rings. The van der Waals surface area contributed by atoms with Crippen molar-refractivity contribution in [3.8, 4) is 0 Å². The highest BCUT2D eigenvalue weighted by Gasteiger charge is 2.06. The van der Waals surface area contributed by atoms with Gasteiger partial charge in [0.25, 0.3) is 0 Å². The molecule has 1 unspecified atom stereocenters. The van der Waals surface area contributed by atoms with Gasteiger partial charge in [0.05, 0.1) is 6.10 Å². The van der Waals surface area contributed by atoms with Crippen LogP contribution in [0.1, 0.15) is 30.6 Å². The minimum absolute atomic E-state index is 0.0459. The van der Waals surface area contributed by atoms with Gasteiger partial charge in [0.1, 0.15) is 11.6 Å². The van der Waals surface area contributed by atoms with Gasteiger partial charge in [-0.1, -0.05) is 30.3 Å². The van der Waals surface area contributed by atoms with Gasteiger partial charge in [-0.2, -0.15) is 0 Å². The van der Waals surface area contributed by atoms with E-state index in [1.807, 2.05) is 37.3 Å². The van der Waals surface area contributed by atoms with E-state index in [1.165, 1.54) is 6.07 Å². The third kappa shape index (κ3) is 6.44. The summed E-state index contributed by atoms with van der Waals surface area (Å²) < 4.78 is 32.6. The topological polar surface area (TPSA) is 45.7 Å². The highest BCUT2D eigenvalue weighted by Crippen LogP contribution is 2.15. The highest BCUT2D eigenvalue weighted by atomic mass is 19.1. The van der Waals surface area contributed by atoms with Crippen LogP contribution >= 0.6 is 0 Å². The number of ether oxygens (including phenoxy) is 1. The molecule has 2 aromatic carbocycles. The second-order valence-corrected chi connectivity index (χ2v) is 5.87. The molecule has 0 fully saturated rings. The van der Waals surface area contributed by atoms with Gasteiger partial charge in [0.2, 0.25) is 0 Å². The lowest BCUT2D eigenvalue weighted by molar-refractivity contribution is 0.0646. The Morgan fingerprint density at radius 2 is 1.88 bits per heavy atom. The fourth-order valence-electron chi connectivity index (χ4n) is 2.44. The molecule has 0 aliphatic carbocycles. The molecular weight excluding hydrogens is 336 g/mol. The molecule has 0 spiro atoms. The van der Waals surface area contributed by atoms with E-state index in [0.29, 0.717) is 19.1 Å². The molecule has 0 amide bonds. The lowest BCUT2D eigenvalue weighted by Crippen LogP contribution is -2.37. The summed E-state index contributed by atoms with van der Waals surface area (Å²) in [4.78, 5) is 4.07. The zero-order chi connectivity index (χ0) is 18.8. The molecule has 0 radical (unpaired) electrons. The van der Waals surface area contributed by atoms with Gasteiger partial charge in [0.15, 0.2) is 5.96 Å². The molecule has 0 heterocycles. The first-order valence-corrected chi connectivity index (χ1v) is 8.65. The summed E-state index contributed by atoms with van der Waals surface area (Å²) in [6.07, 6.45) is 0.844. The summed E-state index contributed by atoms with van der Waals surface area (Å²) >= 11 is 0. The van der Waals surface area contributed by atoms with Gasteiger partial charge in [0, 0.05) is 32.3 Å². The Bertz CT molecular complexity index is 707. The van der Waals surface area contributed by atoms with Crippen molar-refractivity contribution >= 4 is 5.96 Å². The average molecular weight is 361 g/mol. The number of nitrogens with zero attached hydrogens (tertiary/aromatic N) is 1. The van der Waals surface area contributed by atoms with E-state index in [4.69, 9.17) is 4.74 Å². The fraction of sp³-hybridized carbons (Fsp3) is 0.350. The van der Waals surface area contributed by atoms with Crippen LogP contribution in [0.5, 0.6) is 0 Å². The predicted octanol–water partition coefficient (Wildman–Crippen LogP) is 3.80. The third-order valence-corrected chi connectivity index (χ3v) is 3.93. The van der Waals surface area contributed by atoms with Crippen molar-refractivity contribution in [1.82, 2.24) is 10.6 Å². The van der Waals surface area contributed by atoms with Crippen LogP contribution in [-0.4, -0.2) is 26.2 Å². The van der Waals surface area contributed by atoms with Crippen LogP contribution in [0.4, 0.5) is 8.78 Å². The highest BCUT2D eigenvalue weighted by molar-refractivity contribution is 5.79. The Hall–Kier alpha value is -2.47. The van der Waals surface area contributed by atoms with E-state index in [1.54, 1.807) is 7.05 Å². The number of hydrogen-bond donors (Lipinski definition) is 2. The first-order valence-electron chi connectivity index (χ1n) is 8.65. The minimum atomic E-state index is -0.462. The quantitative estimate of drug-likeness (QED) is 0.427. The minimum Gasteiger partial charge on any atom is -0.374 e. The van der Waals surface area contributed by atoms with Crippen molar-refractivity contribution in [1.29, 1.82) is 0 Å². The number of hydrogen-bond acceptors (Lipinski definition) is 2.